The first-order chi connectivity index (χ1) is 10.5. The van der Waals surface area contributed by atoms with Gasteiger partial charge in [-0.05, 0) is 48.0 Å². The summed E-state index contributed by atoms with van der Waals surface area (Å²) < 4.78 is 6.71. The fraction of sp³-hybridized carbons (Fsp3) is 0.357. The van der Waals surface area contributed by atoms with Crippen LogP contribution >= 0.6 is 39.0 Å². The highest BCUT2D eigenvalue weighted by atomic mass is 79.9. The van der Waals surface area contributed by atoms with Gasteiger partial charge in [-0.25, -0.2) is 0 Å². The zero-order valence-corrected chi connectivity index (χ0v) is 15.6. The van der Waals surface area contributed by atoms with E-state index in [1.165, 1.54) is 23.1 Å². The summed E-state index contributed by atoms with van der Waals surface area (Å²) in [5, 5.41) is 12.1. The molecule has 0 spiro atoms. The molecule has 0 amide bonds. The summed E-state index contributed by atoms with van der Waals surface area (Å²) in [5.74, 6) is 1.08. The number of carbonyl (C=O) groups excluding carboxylic acids is 1. The first-order valence-electron chi connectivity index (χ1n) is 6.59. The second-order valence-electron chi connectivity index (χ2n) is 4.73. The Kier molecular flexibility index (Phi) is 6.22. The number of ether oxygens (including phenoxy) is 1. The van der Waals surface area contributed by atoms with Gasteiger partial charge in [0.1, 0.15) is 5.75 Å². The maximum Gasteiger partial charge on any atom is 0.206 e. The lowest BCUT2D eigenvalue weighted by molar-refractivity contribution is 0.102. The van der Waals surface area contributed by atoms with Crippen molar-refractivity contribution in [3.8, 4) is 5.75 Å². The van der Waals surface area contributed by atoms with Crippen molar-refractivity contribution in [2.45, 2.75) is 24.2 Å². The van der Waals surface area contributed by atoms with Crippen LogP contribution in [0.5, 0.6) is 5.75 Å². The highest BCUT2D eigenvalue weighted by Crippen LogP contribution is 2.28. The Morgan fingerprint density at radius 2 is 2.23 bits per heavy atom. The molecule has 0 aliphatic heterocycles. The number of ketones is 1. The van der Waals surface area contributed by atoms with Crippen LogP contribution in [0.3, 0.4) is 0 Å². The monoisotopic (exact) mass is 401 g/mol. The van der Waals surface area contributed by atoms with Gasteiger partial charge in [0.25, 0.3) is 0 Å². The number of hydrogen-bond donors (Lipinski definition) is 1. The van der Waals surface area contributed by atoms with Gasteiger partial charge in [-0.2, -0.15) is 0 Å². The van der Waals surface area contributed by atoms with E-state index in [-0.39, 0.29) is 5.78 Å². The van der Waals surface area contributed by atoms with Gasteiger partial charge in [-0.3, -0.25) is 4.79 Å². The summed E-state index contributed by atoms with van der Waals surface area (Å²) in [6, 6.07) is 5.62. The number of thioether (sulfide) groups is 1. The molecule has 1 heterocycles. The van der Waals surface area contributed by atoms with Crippen molar-refractivity contribution in [3.63, 3.8) is 0 Å². The SMILES string of the molecule is COc1ccc(C(=O)CSc2nnc(NC(C)C)s2)cc1Br. The van der Waals surface area contributed by atoms with Gasteiger partial charge in [-0.1, -0.05) is 23.1 Å². The van der Waals surface area contributed by atoms with Crippen molar-refractivity contribution in [3.05, 3.63) is 28.2 Å². The average Bonchev–Trinajstić information content (AvgIpc) is 2.91. The van der Waals surface area contributed by atoms with Crippen molar-refractivity contribution in [1.82, 2.24) is 10.2 Å². The fourth-order valence-corrected chi connectivity index (χ4v) is 3.96. The maximum absolute atomic E-state index is 12.2. The van der Waals surface area contributed by atoms with Crippen molar-refractivity contribution in [2.75, 3.05) is 18.2 Å². The first-order valence-corrected chi connectivity index (χ1v) is 9.18. The van der Waals surface area contributed by atoms with Crippen LogP contribution in [0.25, 0.3) is 0 Å². The molecule has 0 radical (unpaired) electrons. The van der Waals surface area contributed by atoms with Crippen molar-refractivity contribution >= 4 is 49.9 Å². The molecule has 1 aromatic heterocycles. The number of hydrogen-bond acceptors (Lipinski definition) is 7. The third kappa shape index (κ3) is 4.69. The van der Waals surface area contributed by atoms with Gasteiger partial charge in [0.05, 0.1) is 17.3 Å². The number of nitrogens with zero attached hydrogens (tertiary/aromatic N) is 2. The number of halogens is 1. The molecule has 0 fully saturated rings. The predicted molar refractivity (Wildman–Crippen MR) is 94.4 cm³/mol. The molecule has 0 bridgehead atoms. The number of nitrogens with one attached hydrogen (secondary N) is 1. The zero-order valence-electron chi connectivity index (χ0n) is 12.4. The van der Waals surface area contributed by atoms with Crippen LogP contribution in [0, 0.1) is 0 Å². The zero-order chi connectivity index (χ0) is 16.1. The van der Waals surface area contributed by atoms with E-state index in [9.17, 15) is 4.79 Å². The minimum Gasteiger partial charge on any atom is -0.496 e. The van der Waals surface area contributed by atoms with Gasteiger partial charge >= 0.3 is 0 Å². The van der Waals surface area contributed by atoms with Crippen molar-refractivity contribution < 1.29 is 9.53 Å². The standard InChI is InChI=1S/C14H16BrN3O2S2/c1-8(2)16-13-17-18-14(22-13)21-7-11(19)9-4-5-12(20-3)10(15)6-9/h4-6,8H,7H2,1-3H3,(H,16,17). The van der Waals surface area contributed by atoms with E-state index in [0.29, 0.717) is 23.1 Å². The summed E-state index contributed by atoms with van der Waals surface area (Å²) >= 11 is 6.24. The van der Waals surface area contributed by atoms with E-state index in [1.807, 2.05) is 13.8 Å². The summed E-state index contributed by atoms with van der Waals surface area (Å²) in [6.07, 6.45) is 0. The molecule has 118 valence electrons. The molecule has 22 heavy (non-hydrogen) atoms. The van der Waals surface area contributed by atoms with E-state index in [4.69, 9.17) is 4.74 Å². The Labute approximate surface area is 146 Å². The third-order valence-electron chi connectivity index (χ3n) is 2.62. The second-order valence-corrected chi connectivity index (χ2v) is 7.79. The van der Waals surface area contributed by atoms with Crippen LogP contribution in [0.1, 0.15) is 24.2 Å². The van der Waals surface area contributed by atoms with Crippen LogP contribution < -0.4 is 10.1 Å². The molecular formula is C14H16BrN3O2S2. The molecule has 0 saturated heterocycles. The Morgan fingerprint density at radius 3 is 2.86 bits per heavy atom. The minimum atomic E-state index is 0.0434. The van der Waals surface area contributed by atoms with Crippen LogP contribution in [-0.4, -0.2) is 34.9 Å². The molecule has 0 saturated carbocycles. The van der Waals surface area contributed by atoms with E-state index < -0.39 is 0 Å². The Morgan fingerprint density at radius 1 is 1.45 bits per heavy atom. The van der Waals surface area contributed by atoms with Gasteiger partial charge in [-0.15, -0.1) is 10.2 Å². The minimum absolute atomic E-state index is 0.0434. The third-order valence-corrected chi connectivity index (χ3v) is 5.23. The lowest BCUT2D eigenvalue weighted by Crippen LogP contribution is -2.08. The molecule has 1 aromatic carbocycles. The summed E-state index contributed by atoms with van der Waals surface area (Å²) in [4.78, 5) is 12.2. The van der Waals surface area contributed by atoms with Crippen LogP contribution in [0.15, 0.2) is 27.0 Å². The maximum atomic E-state index is 12.2. The molecule has 2 aromatic rings. The Hall–Kier alpha value is -1.12. The average molecular weight is 402 g/mol. The molecule has 1 N–H and O–H groups in total. The van der Waals surface area contributed by atoms with E-state index >= 15 is 0 Å². The number of rotatable bonds is 7. The molecule has 0 aliphatic carbocycles. The van der Waals surface area contributed by atoms with Crippen LogP contribution in [0.2, 0.25) is 0 Å². The van der Waals surface area contributed by atoms with Gasteiger partial charge in [0, 0.05) is 11.6 Å². The summed E-state index contributed by atoms with van der Waals surface area (Å²) in [5.41, 5.74) is 0.644. The predicted octanol–water partition coefficient (Wildman–Crippen LogP) is 4.10. The molecule has 2 rings (SSSR count). The normalized spacial score (nSPS) is 10.8. The van der Waals surface area contributed by atoms with Gasteiger partial charge in [0.2, 0.25) is 5.13 Å². The number of anilines is 1. The van der Waals surface area contributed by atoms with E-state index in [0.717, 1.165) is 13.9 Å². The van der Waals surface area contributed by atoms with E-state index in [1.54, 1.807) is 25.3 Å². The first kappa shape index (κ1) is 17.2. The molecule has 5 nitrogen and oxygen atoms in total. The summed E-state index contributed by atoms with van der Waals surface area (Å²) in [6.45, 7) is 4.08. The van der Waals surface area contributed by atoms with Crippen LogP contribution in [0.4, 0.5) is 5.13 Å². The topological polar surface area (TPSA) is 64.1 Å². The quantitative estimate of drug-likeness (QED) is 0.556. The molecular weight excluding hydrogens is 386 g/mol. The Bertz CT molecular complexity index is 661. The summed E-state index contributed by atoms with van der Waals surface area (Å²) in [7, 11) is 1.59. The van der Waals surface area contributed by atoms with Gasteiger partial charge < -0.3 is 10.1 Å². The lowest BCUT2D eigenvalue weighted by Gasteiger charge is -2.05. The number of Topliss-reactive ketones (excluding diaryl/α,β-unsaturated/α-hetero) is 1. The highest BCUT2D eigenvalue weighted by Gasteiger charge is 2.12. The van der Waals surface area contributed by atoms with Crippen molar-refractivity contribution in [1.29, 1.82) is 0 Å². The van der Waals surface area contributed by atoms with Crippen molar-refractivity contribution in [2.24, 2.45) is 0 Å². The smallest absolute Gasteiger partial charge is 0.206 e. The lowest BCUT2D eigenvalue weighted by atomic mass is 10.1. The molecule has 0 aliphatic rings. The Balaban J connectivity index is 1.95. The van der Waals surface area contributed by atoms with Crippen LogP contribution in [-0.2, 0) is 0 Å². The molecule has 0 atom stereocenters. The largest absolute Gasteiger partial charge is 0.496 e. The highest BCUT2D eigenvalue weighted by molar-refractivity contribution is 9.10. The fourth-order valence-electron chi connectivity index (χ4n) is 1.62. The number of benzene rings is 1. The van der Waals surface area contributed by atoms with E-state index in [2.05, 4.69) is 31.4 Å². The van der Waals surface area contributed by atoms with Gasteiger partial charge in [0.15, 0.2) is 10.1 Å². The number of aromatic nitrogens is 2. The number of methoxy groups -OCH3 is 1. The number of carbonyl (C=O) groups is 1. The molecule has 0 unspecified atom stereocenters. The molecule has 8 heteroatoms. The second kappa shape index (κ2) is 7.94.